The minimum atomic E-state index is 0.205. The van der Waals surface area contributed by atoms with Crippen LogP contribution in [0.3, 0.4) is 0 Å². The molecular formula is C16H24N6OS. The number of nitrogens with zero attached hydrogens (tertiary/aromatic N) is 5. The third kappa shape index (κ3) is 2.98. The SMILES string of the molecule is CCc1cc(NCC2(N3CCOCC3)CCSC2)n2ncnc2n1. The van der Waals surface area contributed by atoms with Gasteiger partial charge < -0.3 is 10.1 Å². The maximum absolute atomic E-state index is 5.55. The standard InChI is InChI=1S/C16H24N6OS/c1-2-13-9-14(22-15(20-13)18-12-19-22)17-10-16(3-8-24-11-16)21-4-6-23-7-5-21/h9,12,17H,2-8,10-11H2,1H3. The number of anilines is 1. The van der Waals surface area contributed by atoms with Crippen molar-refractivity contribution >= 4 is 23.4 Å². The molecule has 1 unspecified atom stereocenters. The van der Waals surface area contributed by atoms with Gasteiger partial charge in [0, 0.05) is 42.7 Å². The Morgan fingerprint density at radius 3 is 3.00 bits per heavy atom. The lowest BCUT2D eigenvalue weighted by atomic mass is 9.95. The van der Waals surface area contributed by atoms with E-state index in [1.807, 2.05) is 0 Å². The zero-order valence-corrected chi connectivity index (χ0v) is 14.9. The first-order valence-corrected chi connectivity index (χ1v) is 9.80. The van der Waals surface area contributed by atoms with Crippen LogP contribution in [0.4, 0.5) is 5.82 Å². The van der Waals surface area contributed by atoms with Crippen LogP contribution in [-0.4, -0.2) is 74.4 Å². The third-order valence-corrected chi connectivity index (χ3v) is 6.26. The van der Waals surface area contributed by atoms with Crippen LogP contribution in [-0.2, 0) is 11.2 Å². The van der Waals surface area contributed by atoms with Crippen LogP contribution < -0.4 is 5.32 Å². The van der Waals surface area contributed by atoms with Crippen LogP contribution in [0.2, 0.25) is 0 Å². The Hall–Kier alpha value is -1.38. The summed E-state index contributed by atoms with van der Waals surface area (Å²) in [5.74, 6) is 4.05. The molecule has 8 heteroatoms. The number of aromatic nitrogens is 4. The van der Waals surface area contributed by atoms with E-state index in [-0.39, 0.29) is 5.54 Å². The average Bonchev–Trinajstić information content (AvgIpc) is 3.30. The predicted molar refractivity (Wildman–Crippen MR) is 95.7 cm³/mol. The monoisotopic (exact) mass is 348 g/mol. The fourth-order valence-electron chi connectivity index (χ4n) is 3.56. The highest BCUT2D eigenvalue weighted by Gasteiger charge is 2.40. The van der Waals surface area contributed by atoms with Gasteiger partial charge in [0.2, 0.25) is 0 Å². The Bertz CT molecular complexity index is 693. The summed E-state index contributed by atoms with van der Waals surface area (Å²) in [6, 6.07) is 2.09. The molecule has 4 rings (SSSR count). The average molecular weight is 348 g/mol. The van der Waals surface area contributed by atoms with Crippen LogP contribution in [0.25, 0.3) is 5.78 Å². The second kappa shape index (κ2) is 6.85. The number of rotatable bonds is 5. The van der Waals surface area contributed by atoms with E-state index in [0.29, 0.717) is 5.78 Å². The Kier molecular flexibility index (Phi) is 4.60. The van der Waals surface area contributed by atoms with Gasteiger partial charge in [0.05, 0.1) is 13.2 Å². The van der Waals surface area contributed by atoms with E-state index < -0.39 is 0 Å². The lowest BCUT2D eigenvalue weighted by Gasteiger charge is -2.43. The molecule has 0 spiro atoms. The lowest BCUT2D eigenvalue weighted by Crippen LogP contribution is -2.57. The quantitative estimate of drug-likeness (QED) is 0.874. The molecule has 1 atom stereocenters. The summed E-state index contributed by atoms with van der Waals surface area (Å²) < 4.78 is 7.34. The van der Waals surface area contributed by atoms with Crippen molar-refractivity contribution in [1.82, 2.24) is 24.5 Å². The molecule has 2 saturated heterocycles. The van der Waals surface area contributed by atoms with E-state index in [2.05, 4.69) is 50.0 Å². The smallest absolute Gasteiger partial charge is 0.254 e. The van der Waals surface area contributed by atoms with Crippen molar-refractivity contribution in [2.24, 2.45) is 0 Å². The molecule has 130 valence electrons. The summed E-state index contributed by atoms with van der Waals surface area (Å²) in [6.45, 7) is 6.77. The van der Waals surface area contributed by atoms with Crippen LogP contribution >= 0.6 is 11.8 Å². The van der Waals surface area contributed by atoms with Crippen LogP contribution in [0, 0.1) is 0 Å². The second-order valence-corrected chi connectivity index (χ2v) is 7.54. The number of morpholine rings is 1. The number of aryl methyl sites for hydroxylation is 1. The first kappa shape index (κ1) is 16.1. The molecule has 4 heterocycles. The third-order valence-electron chi connectivity index (χ3n) is 5.03. The first-order chi connectivity index (χ1) is 11.8. The fourth-order valence-corrected chi connectivity index (χ4v) is 5.04. The van der Waals surface area contributed by atoms with E-state index >= 15 is 0 Å². The zero-order chi connectivity index (χ0) is 16.4. The van der Waals surface area contributed by atoms with Crippen LogP contribution in [0.15, 0.2) is 12.4 Å². The van der Waals surface area contributed by atoms with Crippen molar-refractivity contribution in [3.05, 3.63) is 18.1 Å². The molecule has 7 nitrogen and oxygen atoms in total. The van der Waals surface area contributed by atoms with Gasteiger partial charge in [-0.2, -0.15) is 26.4 Å². The van der Waals surface area contributed by atoms with E-state index in [1.54, 1.807) is 10.8 Å². The van der Waals surface area contributed by atoms with Gasteiger partial charge in [-0.05, 0) is 18.6 Å². The molecule has 2 aromatic heterocycles. The van der Waals surface area contributed by atoms with E-state index in [0.717, 1.165) is 50.8 Å². The highest BCUT2D eigenvalue weighted by atomic mass is 32.2. The molecule has 0 radical (unpaired) electrons. The van der Waals surface area contributed by atoms with E-state index in [9.17, 15) is 0 Å². The summed E-state index contributed by atoms with van der Waals surface area (Å²) in [5.41, 5.74) is 1.25. The molecule has 0 bridgehead atoms. The van der Waals surface area contributed by atoms with Crippen molar-refractivity contribution in [3.8, 4) is 0 Å². The number of thioether (sulfide) groups is 1. The van der Waals surface area contributed by atoms with Crippen molar-refractivity contribution < 1.29 is 4.74 Å². The number of fused-ring (bicyclic) bond motifs is 1. The molecule has 2 fully saturated rings. The minimum Gasteiger partial charge on any atom is -0.379 e. The number of hydrogen-bond donors (Lipinski definition) is 1. The van der Waals surface area contributed by atoms with Crippen LogP contribution in [0.5, 0.6) is 0 Å². The highest BCUT2D eigenvalue weighted by Crippen LogP contribution is 2.34. The molecule has 0 saturated carbocycles. The summed E-state index contributed by atoms with van der Waals surface area (Å²) >= 11 is 2.05. The second-order valence-electron chi connectivity index (χ2n) is 6.44. The van der Waals surface area contributed by atoms with Gasteiger partial charge >= 0.3 is 0 Å². The first-order valence-electron chi connectivity index (χ1n) is 8.65. The fraction of sp³-hybridized carbons (Fsp3) is 0.688. The summed E-state index contributed by atoms with van der Waals surface area (Å²) in [5, 5.41) is 7.97. The zero-order valence-electron chi connectivity index (χ0n) is 14.1. The van der Waals surface area contributed by atoms with Crippen molar-refractivity contribution in [1.29, 1.82) is 0 Å². The Morgan fingerprint density at radius 1 is 1.38 bits per heavy atom. The van der Waals surface area contributed by atoms with Gasteiger partial charge in [0.1, 0.15) is 12.1 Å². The van der Waals surface area contributed by atoms with Gasteiger partial charge in [-0.25, -0.2) is 4.98 Å². The molecular weight excluding hydrogens is 324 g/mol. The van der Waals surface area contributed by atoms with E-state index in [1.165, 1.54) is 17.9 Å². The Labute approximate surface area is 146 Å². The molecule has 0 aromatic carbocycles. The summed E-state index contributed by atoms with van der Waals surface area (Å²) in [6.07, 6.45) is 3.68. The number of hydrogen-bond acceptors (Lipinski definition) is 7. The largest absolute Gasteiger partial charge is 0.379 e. The van der Waals surface area contributed by atoms with Gasteiger partial charge in [-0.1, -0.05) is 6.92 Å². The predicted octanol–water partition coefficient (Wildman–Crippen LogP) is 1.31. The van der Waals surface area contributed by atoms with Gasteiger partial charge in [0.25, 0.3) is 5.78 Å². The van der Waals surface area contributed by atoms with E-state index in [4.69, 9.17) is 4.74 Å². The molecule has 2 aliphatic rings. The van der Waals surface area contributed by atoms with Crippen molar-refractivity contribution in [2.45, 2.75) is 25.3 Å². The molecule has 0 amide bonds. The highest BCUT2D eigenvalue weighted by molar-refractivity contribution is 7.99. The van der Waals surface area contributed by atoms with Gasteiger partial charge in [-0.3, -0.25) is 4.90 Å². The normalized spacial score (nSPS) is 25.4. The van der Waals surface area contributed by atoms with Crippen LogP contribution in [0.1, 0.15) is 19.0 Å². The Balaban J connectivity index is 1.57. The molecule has 24 heavy (non-hydrogen) atoms. The molecule has 2 aromatic rings. The molecule has 2 aliphatic heterocycles. The number of nitrogens with one attached hydrogen (secondary N) is 1. The lowest BCUT2D eigenvalue weighted by molar-refractivity contribution is -0.00923. The van der Waals surface area contributed by atoms with Crippen molar-refractivity contribution in [2.75, 3.05) is 49.7 Å². The van der Waals surface area contributed by atoms with Crippen molar-refractivity contribution in [3.63, 3.8) is 0 Å². The Morgan fingerprint density at radius 2 is 2.25 bits per heavy atom. The summed E-state index contributed by atoms with van der Waals surface area (Å²) in [4.78, 5) is 11.4. The topological polar surface area (TPSA) is 67.6 Å². The molecule has 0 aliphatic carbocycles. The molecule has 1 N–H and O–H groups in total. The van der Waals surface area contributed by atoms with Gasteiger partial charge in [0.15, 0.2) is 0 Å². The number of ether oxygens (including phenoxy) is 1. The maximum Gasteiger partial charge on any atom is 0.254 e. The minimum absolute atomic E-state index is 0.205. The van der Waals surface area contributed by atoms with Gasteiger partial charge in [-0.15, -0.1) is 0 Å². The maximum atomic E-state index is 5.55. The summed E-state index contributed by atoms with van der Waals surface area (Å²) in [7, 11) is 0.